The second kappa shape index (κ2) is 6.41. The number of rotatable bonds is 6. The molecule has 5 nitrogen and oxygen atoms in total. The highest BCUT2D eigenvalue weighted by Crippen LogP contribution is 2.22. The third kappa shape index (κ3) is 3.41. The zero-order chi connectivity index (χ0) is 14.5. The van der Waals surface area contributed by atoms with Crippen LogP contribution in [0.1, 0.15) is 12.3 Å². The minimum absolute atomic E-state index is 0.560. The van der Waals surface area contributed by atoms with Gasteiger partial charge in [-0.05, 0) is 30.0 Å². The van der Waals surface area contributed by atoms with E-state index in [-0.39, 0.29) is 0 Å². The molecule has 0 aliphatic carbocycles. The predicted molar refractivity (Wildman–Crippen MR) is 82.3 cm³/mol. The van der Waals surface area contributed by atoms with Crippen LogP contribution in [-0.2, 0) is 6.42 Å². The maximum atomic E-state index is 5.81. The van der Waals surface area contributed by atoms with Gasteiger partial charge < -0.3 is 15.0 Å². The number of para-hydroxylation sites is 2. The summed E-state index contributed by atoms with van der Waals surface area (Å²) in [5.41, 5.74) is 6.46. The standard InChI is InChI=1S/C15H15N3O2S/c16-11-5-1-2-6-12(11)19-9-3-8-14-17-15(18-20-14)13-7-4-10-21-13/h1-2,4-7,10H,3,8-9,16H2. The van der Waals surface area contributed by atoms with E-state index in [0.29, 0.717) is 36.2 Å². The Labute approximate surface area is 126 Å². The fourth-order valence-electron chi connectivity index (χ4n) is 1.88. The maximum absolute atomic E-state index is 5.81. The Kier molecular flexibility index (Phi) is 4.16. The molecule has 0 unspecified atom stereocenters. The largest absolute Gasteiger partial charge is 0.491 e. The van der Waals surface area contributed by atoms with Gasteiger partial charge in [0.05, 0.1) is 17.2 Å². The monoisotopic (exact) mass is 301 g/mol. The van der Waals surface area contributed by atoms with E-state index in [1.54, 1.807) is 11.3 Å². The van der Waals surface area contributed by atoms with Gasteiger partial charge in [0.15, 0.2) is 0 Å². The van der Waals surface area contributed by atoms with E-state index in [4.69, 9.17) is 15.0 Å². The predicted octanol–water partition coefficient (Wildman–Crippen LogP) is 3.39. The van der Waals surface area contributed by atoms with Crippen molar-refractivity contribution in [2.75, 3.05) is 12.3 Å². The highest BCUT2D eigenvalue weighted by atomic mass is 32.1. The number of nitrogens with two attached hydrogens (primary N) is 1. The summed E-state index contributed by atoms with van der Waals surface area (Å²) in [7, 11) is 0. The first-order valence-corrected chi connectivity index (χ1v) is 7.54. The SMILES string of the molecule is Nc1ccccc1OCCCc1nc(-c2cccs2)no1. The third-order valence-electron chi connectivity index (χ3n) is 2.92. The minimum Gasteiger partial charge on any atom is -0.491 e. The molecule has 0 aliphatic heterocycles. The molecule has 0 aliphatic rings. The number of anilines is 1. The quantitative estimate of drug-likeness (QED) is 0.558. The molecule has 2 aromatic heterocycles. The average Bonchev–Trinajstić information content (AvgIpc) is 3.16. The van der Waals surface area contributed by atoms with Crippen LogP contribution in [0.3, 0.4) is 0 Å². The van der Waals surface area contributed by atoms with Crippen molar-refractivity contribution in [3.8, 4) is 16.5 Å². The first kappa shape index (κ1) is 13.6. The molecule has 0 fully saturated rings. The van der Waals surface area contributed by atoms with E-state index >= 15 is 0 Å². The van der Waals surface area contributed by atoms with Crippen LogP contribution in [0.5, 0.6) is 5.75 Å². The zero-order valence-corrected chi connectivity index (χ0v) is 12.2. The fraction of sp³-hybridized carbons (Fsp3) is 0.200. The van der Waals surface area contributed by atoms with Crippen LogP contribution < -0.4 is 10.5 Å². The van der Waals surface area contributed by atoms with Crippen LogP contribution in [0, 0.1) is 0 Å². The van der Waals surface area contributed by atoms with E-state index in [0.717, 1.165) is 11.3 Å². The Morgan fingerprint density at radius 2 is 2.10 bits per heavy atom. The number of thiophene rings is 1. The Balaban J connectivity index is 1.49. The highest BCUT2D eigenvalue weighted by molar-refractivity contribution is 7.13. The van der Waals surface area contributed by atoms with Gasteiger partial charge in [-0.1, -0.05) is 23.4 Å². The highest BCUT2D eigenvalue weighted by Gasteiger charge is 2.09. The summed E-state index contributed by atoms with van der Waals surface area (Å²) in [4.78, 5) is 5.38. The Bertz CT molecular complexity index is 695. The van der Waals surface area contributed by atoms with E-state index < -0.39 is 0 Å². The first-order chi connectivity index (χ1) is 10.3. The Morgan fingerprint density at radius 3 is 2.90 bits per heavy atom. The first-order valence-electron chi connectivity index (χ1n) is 6.67. The summed E-state index contributed by atoms with van der Waals surface area (Å²) in [6.07, 6.45) is 1.48. The second-order valence-electron chi connectivity index (χ2n) is 4.48. The maximum Gasteiger partial charge on any atom is 0.227 e. The van der Waals surface area contributed by atoms with Crippen LogP contribution in [0.4, 0.5) is 5.69 Å². The molecule has 0 spiro atoms. The van der Waals surface area contributed by atoms with Crippen molar-refractivity contribution in [1.29, 1.82) is 0 Å². The van der Waals surface area contributed by atoms with Gasteiger partial charge >= 0.3 is 0 Å². The number of benzene rings is 1. The summed E-state index contributed by atoms with van der Waals surface area (Å²) in [6.45, 7) is 0.560. The van der Waals surface area contributed by atoms with Gasteiger partial charge in [0.25, 0.3) is 0 Å². The molecule has 6 heteroatoms. The van der Waals surface area contributed by atoms with Gasteiger partial charge in [-0.3, -0.25) is 0 Å². The number of aromatic nitrogens is 2. The van der Waals surface area contributed by atoms with E-state index in [1.165, 1.54) is 0 Å². The summed E-state index contributed by atoms with van der Waals surface area (Å²) in [5, 5.41) is 5.96. The summed E-state index contributed by atoms with van der Waals surface area (Å²) in [5.74, 6) is 1.98. The molecule has 2 N–H and O–H groups in total. The summed E-state index contributed by atoms with van der Waals surface area (Å²) in [6, 6.07) is 11.4. The lowest BCUT2D eigenvalue weighted by Gasteiger charge is -2.07. The number of aryl methyl sites for hydroxylation is 1. The molecular formula is C15H15N3O2S. The van der Waals surface area contributed by atoms with Gasteiger partial charge in [0, 0.05) is 6.42 Å². The van der Waals surface area contributed by atoms with Crippen molar-refractivity contribution in [3.05, 3.63) is 47.7 Å². The van der Waals surface area contributed by atoms with Crippen LogP contribution in [0.2, 0.25) is 0 Å². The molecule has 1 aromatic carbocycles. The molecule has 3 rings (SSSR count). The van der Waals surface area contributed by atoms with Crippen LogP contribution in [-0.4, -0.2) is 16.7 Å². The van der Waals surface area contributed by atoms with Gasteiger partial charge in [-0.25, -0.2) is 0 Å². The van der Waals surface area contributed by atoms with Gasteiger partial charge in [0.2, 0.25) is 11.7 Å². The second-order valence-corrected chi connectivity index (χ2v) is 5.43. The zero-order valence-electron chi connectivity index (χ0n) is 11.4. The van der Waals surface area contributed by atoms with Crippen molar-refractivity contribution in [1.82, 2.24) is 10.1 Å². The molecule has 0 radical (unpaired) electrons. The van der Waals surface area contributed by atoms with E-state index in [9.17, 15) is 0 Å². The average molecular weight is 301 g/mol. The molecule has 2 heterocycles. The van der Waals surface area contributed by atoms with Crippen molar-refractivity contribution in [2.45, 2.75) is 12.8 Å². The molecule has 0 saturated heterocycles. The van der Waals surface area contributed by atoms with E-state index in [1.807, 2.05) is 41.8 Å². The van der Waals surface area contributed by atoms with Crippen LogP contribution in [0.15, 0.2) is 46.3 Å². The van der Waals surface area contributed by atoms with Gasteiger partial charge in [0.1, 0.15) is 5.75 Å². The number of hydrogen-bond donors (Lipinski definition) is 1. The number of nitrogens with zero attached hydrogens (tertiary/aromatic N) is 2. The molecule has 0 saturated carbocycles. The molecule has 0 bridgehead atoms. The van der Waals surface area contributed by atoms with Gasteiger partial charge in [-0.15, -0.1) is 11.3 Å². The Hall–Kier alpha value is -2.34. The molecule has 108 valence electrons. The van der Waals surface area contributed by atoms with Crippen molar-refractivity contribution in [2.24, 2.45) is 0 Å². The summed E-state index contributed by atoms with van der Waals surface area (Å²) < 4.78 is 10.9. The number of ether oxygens (including phenoxy) is 1. The Morgan fingerprint density at radius 1 is 1.19 bits per heavy atom. The molecule has 21 heavy (non-hydrogen) atoms. The number of hydrogen-bond acceptors (Lipinski definition) is 6. The minimum atomic E-state index is 0.560. The molecular weight excluding hydrogens is 286 g/mol. The van der Waals surface area contributed by atoms with E-state index in [2.05, 4.69) is 10.1 Å². The normalized spacial score (nSPS) is 10.7. The fourth-order valence-corrected chi connectivity index (χ4v) is 2.53. The van der Waals surface area contributed by atoms with Crippen molar-refractivity contribution >= 4 is 17.0 Å². The number of nitrogen functional groups attached to an aromatic ring is 1. The summed E-state index contributed by atoms with van der Waals surface area (Å²) >= 11 is 1.59. The van der Waals surface area contributed by atoms with Crippen molar-refractivity contribution in [3.63, 3.8) is 0 Å². The third-order valence-corrected chi connectivity index (χ3v) is 3.79. The molecule has 3 aromatic rings. The van der Waals surface area contributed by atoms with Crippen LogP contribution >= 0.6 is 11.3 Å². The lowest BCUT2D eigenvalue weighted by molar-refractivity contribution is 0.299. The smallest absolute Gasteiger partial charge is 0.227 e. The van der Waals surface area contributed by atoms with Gasteiger partial charge in [-0.2, -0.15) is 4.98 Å². The van der Waals surface area contributed by atoms with Crippen molar-refractivity contribution < 1.29 is 9.26 Å². The van der Waals surface area contributed by atoms with Crippen LogP contribution in [0.25, 0.3) is 10.7 Å². The molecule has 0 atom stereocenters. The molecule has 0 amide bonds. The topological polar surface area (TPSA) is 74.2 Å². The lowest BCUT2D eigenvalue weighted by Crippen LogP contribution is -2.01. The lowest BCUT2D eigenvalue weighted by atomic mass is 10.3.